The van der Waals surface area contributed by atoms with Crippen LogP contribution < -0.4 is 0 Å². The van der Waals surface area contributed by atoms with Crippen LogP contribution in [0.15, 0.2) is 24.3 Å². The summed E-state index contributed by atoms with van der Waals surface area (Å²) in [7, 11) is 0. The number of benzene rings is 1. The fourth-order valence-corrected chi connectivity index (χ4v) is 1.32. The van der Waals surface area contributed by atoms with Gasteiger partial charge in [0.2, 0.25) is 0 Å². The maximum atomic E-state index is 8.63. The lowest BCUT2D eigenvalue weighted by atomic mass is 10.1. The Labute approximate surface area is 78.4 Å². The average molecular weight is 177 g/mol. The molecular formula is C10H11NS. The maximum absolute atomic E-state index is 8.63. The number of hydrogen-bond acceptors (Lipinski definition) is 2. The quantitative estimate of drug-likeness (QED) is 0.689. The lowest BCUT2D eigenvalue weighted by Gasteiger charge is -2.03. The topological polar surface area (TPSA) is 23.8 Å². The minimum atomic E-state index is 0.346. The van der Waals surface area contributed by atoms with Crippen molar-refractivity contribution in [2.45, 2.75) is 18.6 Å². The van der Waals surface area contributed by atoms with Gasteiger partial charge < -0.3 is 0 Å². The predicted octanol–water partition coefficient (Wildman–Crippen LogP) is 2.42. The Hall–Kier alpha value is -0.940. The van der Waals surface area contributed by atoms with E-state index in [0.717, 1.165) is 12.0 Å². The van der Waals surface area contributed by atoms with E-state index >= 15 is 0 Å². The van der Waals surface area contributed by atoms with Crippen LogP contribution in [0.4, 0.5) is 0 Å². The molecule has 0 aliphatic rings. The van der Waals surface area contributed by atoms with Crippen molar-refractivity contribution >= 4 is 12.6 Å². The minimum Gasteiger partial charge on any atom is -0.192 e. The molecule has 1 unspecified atom stereocenters. The normalized spacial score (nSPS) is 12.1. The van der Waals surface area contributed by atoms with Crippen molar-refractivity contribution in [3.05, 3.63) is 35.4 Å². The smallest absolute Gasteiger partial charge is 0.0991 e. The van der Waals surface area contributed by atoms with Gasteiger partial charge in [0.1, 0.15) is 0 Å². The second kappa shape index (κ2) is 4.18. The molecule has 0 saturated carbocycles. The van der Waals surface area contributed by atoms with E-state index in [1.807, 2.05) is 31.2 Å². The van der Waals surface area contributed by atoms with Crippen molar-refractivity contribution in [1.29, 1.82) is 5.26 Å². The highest BCUT2D eigenvalue weighted by atomic mass is 32.1. The molecule has 1 aromatic rings. The molecule has 1 aromatic carbocycles. The molecule has 0 heterocycles. The summed E-state index contributed by atoms with van der Waals surface area (Å²) in [5.74, 6) is 0. The second-order valence-electron chi connectivity index (χ2n) is 2.87. The number of nitriles is 1. The third kappa shape index (κ3) is 2.60. The number of hydrogen-bond donors (Lipinski definition) is 1. The zero-order valence-electron chi connectivity index (χ0n) is 6.99. The molecule has 0 N–H and O–H groups in total. The Morgan fingerprint density at radius 3 is 2.92 bits per heavy atom. The van der Waals surface area contributed by atoms with Gasteiger partial charge in [0.05, 0.1) is 11.6 Å². The van der Waals surface area contributed by atoms with Gasteiger partial charge in [-0.15, -0.1) is 0 Å². The lowest BCUT2D eigenvalue weighted by Crippen LogP contribution is -1.96. The Morgan fingerprint density at radius 2 is 2.33 bits per heavy atom. The summed E-state index contributed by atoms with van der Waals surface area (Å²) in [5, 5.41) is 8.97. The Balaban J connectivity index is 2.81. The summed E-state index contributed by atoms with van der Waals surface area (Å²) in [6.07, 6.45) is 0.915. The molecule has 0 radical (unpaired) electrons. The van der Waals surface area contributed by atoms with Gasteiger partial charge in [-0.05, 0) is 24.1 Å². The first-order valence-corrected chi connectivity index (χ1v) is 4.41. The average Bonchev–Trinajstić information content (AvgIpc) is 2.03. The summed E-state index contributed by atoms with van der Waals surface area (Å²) in [4.78, 5) is 0. The molecule has 1 nitrogen and oxygen atoms in total. The van der Waals surface area contributed by atoms with Crippen molar-refractivity contribution in [1.82, 2.24) is 0 Å². The van der Waals surface area contributed by atoms with Gasteiger partial charge >= 0.3 is 0 Å². The van der Waals surface area contributed by atoms with Gasteiger partial charge in [0.25, 0.3) is 0 Å². The highest BCUT2D eigenvalue weighted by Crippen LogP contribution is 2.09. The summed E-state index contributed by atoms with van der Waals surface area (Å²) in [5.41, 5.74) is 1.90. The van der Waals surface area contributed by atoms with E-state index in [2.05, 4.69) is 18.7 Å². The van der Waals surface area contributed by atoms with Crippen molar-refractivity contribution in [2.24, 2.45) is 0 Å². The van der Waals surface area contributed by atoms with Gasteiger partial charge in [0, 0.05) is 5.25 Å². The summed E-state index contributed by atoms with van der Waals surface area (Å²) in [6, 6.07) is 9.77. The monoisotopic (exact) mass is 177 g/mol. The fraction of sp³-hybridized carbons (Fsp3) is 0.300. The number of thiol groups is 1. The van der Waals surface area contributed by atoms with Crippen molar-refractivity contribution < 1.29 is 0 Å². The van der Waals surface area contributed by atoms with Gasteiger partial charge in [-0.2, -0.15) is 17.9 Å². The highest BCUT2D eigenvalue weighted by Gasteiger charge is 1.98. The number of nitrogens with zero attached hydrogens (tertiary/aromatic N) is 1. The van der Waals surface area contributed by atoms with E-state index in [-0.39, 0.29) is 0 Å². The molecule has 0 amide bonds. The summed E-state index contributed by atoms with van der Waals surface area (Å²) < 4.78 is 0. The molecule has 0 aliphatic carbocycles. The van der Waals surface area contributed by atoms with Crippen LogP contribution in [0.1, 0.15) is 18.1 Å². The van der Waals surface area contributed by atoms with E-state index in [9.17, 15) is 0 Å². The molecule has 0 saturated heterocycles. The molecule has 62 valence electrons. The molecule has 1 atom stereocenters. The molecule has 0 fully saturated rings. The first kappa shape index (κ1) is 9.15. The molecule has 12 heavy (non-hydrogen) atoms. The molecule has 1 rings (SSSR count). The fourth-order valence-electron chi connectivity index (χ4n) is 1.11. The van der Waals surface area contributed by atoms with E-state index in [0.29, 0.717) is 5.25 Å². The molecule has 2 heteroatoms. The van der Waals surface area contributed by atoms with Crippen LogP contribution in [0.25, 0.3) is 0 Å². The standard InChI is InChI=1S/C10H11NS/c1-8(12)5-9-3-2-4-10(6-9)7-11/h2-4,6,8,12H,5H2,1H3. The summed E-state index contributed by atoms with van der Waals surface area (Å²) >= 11 is 4.29. The third-order valence-electron chi connectivity index (χ3n) is 1.59. The van der Waals surface area contributed by atoms with Crippen molar-refractivity contribution in [3.63, 3.8) is 0 Å². The largest absolute Gasteiger partial charge is 0.192 e. The van der Waals surface area contributed by atoms with Gasteiger partial charge in [-0.1, -0.05) is 19.1 Å². The van der Waals surface area contributed by atoms with E-state index in [1.54, 1.807) is 0 Å². The first-order chi connectivity index (χ1) is 5.72. The van der Waals surface area contributed by atoms with Crippen LogP contribution in [0.2, 0.25) is 0 Å². The van der Waals surface area contributed by atoms with Gasteiger partial charge in [-0.25, -0.2) is 0 Å². The van der Waals surface area contributed by atoms with Crippen LogP contribution in [-0.4, -0.2) is 5.25 Å². The van der Waals surface area contributed by atoms with Gasteiger partial charge in [-0.3, -0.25) is 0 Å². The summed E-state index contributed by atoms with van der Waals surface area (Å²) in [6.45, 7) is 2.04. The highest BCUT2D eigenvalue weighted by molar-refractivity contribution is 7.80. The zero-order chi connectivity index (χ0) is 8.97. The second-order valence-corrected chi connectivity index (χ2v) is 3.75. The Bertz CT molecular complexity index is 299. The van der Waals surface area contributed by atoms with Crippen LogP contribution in [0.3, 0.4) is 0 Å². The van der Waals surface area contributed by atoms with E-state index in [1.165, 1.54) is 5.56 Å². The predicted molar refractivity (Wildman–Crippen MR) is 53.3 cm³/mol. The lowest BCUT2D eigenvalue weighted by molar-refractivity contribution is 0.950. The minimum absolute atomic E-state index is 0.346. The maximum Gasteiger partial charge on any atom is 0.0991 e. The van der Waals surface area contributed by atoms with Crippen LogP contribution in [-0.2, 0) is 6.42 Å². The van der Waals surface area contributed by atoms with Crippen LogP contribution >= 0.6 is 12.6 Å². The van der Waals surface area contributed by atoms with Crippen LogP contribution in [0, 0.1) is 11.3 Å². The molecule has 0 spiro atoms. The van der Waals surface area contributed by atoms with Gasteiger partial charge in [0.15, 0.2) is 0 Å². The van der Waals surface area contributed by atoms with E-state index < -0.39 is 0 Å². The zero-order valence-corrected chi connectivity index (χ0v) is 7.88. The Morgan fingerprint density at radius 1 is 1.58 bits per heavy atom. The molecule has 0 aliphatic heterocycles. The van der Waals surface area contributed by atoms with Crippen LogP contribution in [0.5, 0.6) is 0 Å². The van der Waals surface area contributed by atoms with Crippen molar-refractivity contribution in [3.8, 4) is 6.07 Å². The number of rotatable bonds is 2. The molecule has 0 aromatic heterocycles. The SMILES string of the molecule is CC(S)Cc1cccc(C#N)c1. The Kier molecular flexibility index (Phi) is 3.19. The van der Waals surface area contributed by atoms with Crippen molar-refractivity contribution in [2.75, 3.05) is 0 Å². The third-order valence-corrected chi connectivity index (χ3v) is 1.77. The molecular weight excluding hydrogens is 166 g/mol. The molecule has 0 bridgehead atoms. The first-order valence-electron chi connectivity index (χ1n) is 3.89. The van der Waals surface area contributed by atoms with E-state index in [4.69, 9.17) is 5.26 Å².